The molecule has 0 atom stereocenters. The second kappa shape index (κ2) is 8.63. The smallest absolute Gasteiger partial charge is 0.263 e. The molecule has 3 aromatic rings. The summed E-state index contributed by atoms with van der Waals surface area (Å²) in [6.07, 6.45) is 1.03. The maximum atomic E-state index is 13.1. The van der Waals surface area contributed by atoms with Crippen molar-refractivity contribution in [3.63, 3.8) is 0 Å². The van der Waals surface area contributed by atoms with E-state index in [2.05, 4.69) is 9.71 Å². The van der Waals surface area contributed by atoms with Crippen molar-refractivity contribution in [2.75, 3.05) is 4.72 Å². The van der Waals surface area contributed by atoms with Gasteiger partial charge in [-0.1, -0.05) is 29.8 Å². The molecular formula is C20H19ClN2O5S2. The van der Waals surface area contributed by atoms with Crippen LogP contribution in [0.5, 0.6) is 5.88 Å². The van der Waals surface area contributed by atoms with Gasteiger partial charge in [-0.15, -0.1) is 0 Å². The van der Waals surface area contributed by atoms with Crippen LogP contribution in [0.3, 0.4) is 0 Å². The number of hydrogen-bond acceptors (Lipinski definition) is 6. The Morgan fingerprint density at radius 1 is 0.933 bits per heavy atom. The number of anilines is 1. The molecule has 1 heterocycles. The molecule has 0 spiro atoms. The molecule has 0 fully saturated rings. The average molecular weight is 467 g/mol. The molecule has 2 aromatic carbocycles. The lowest BCUT2D eigenvalue weighted by molar-refractivity contribution is 0.232. The van der Waals surface area contributed by atoms with Crippen LogP contribution >= 0.6 is 11.6 Å². The second-order valence-electron chi connectivity index (χ2n) is 6.56. The first kappa shape index (κ1) is 22.1. The van der Waals surface area contributed by atoms with E-state index in [0.717, 1.165) is 6.20 Å². The minimum atomic E-state index is -4.11. The number of halogens is 1. The van der Waals surface area contributed by atoms with Crippen molar-refractivity contribution < 1.29 is 21.6 Å². The Labute approximate surface area is 180 Å². The highest BCUT2D eigenvalue weighted by atomic mass is 35.5. The number of sulfone groups is 1. The number of hydrogen-bond donors (Lipinski definition) is 1. The SMILES string of the molecule is CC(C)Oc1ccc(S(=O)(=O)Nc2ccc(Cl)cc2S(=O)(=O)c2ccccc2)cn1. The number of benzene rings is 2. The van der Waals surface area contributed by atoms with Crippen LogP contribution in [0.2, 0.25) is 5.02 Å². The molecule has 0 bridgehead atoms. The molecule has 0 saturated carbocycles. The third kappa shape index (κ3) is 4.92. The molecule has 1 N–H and O–H groups in total. The summed E-state index contributed by atoms with van der Waals surface area (Å²) in [6, 6.07) is 14.4. The van der Waals surface area contributed by atoms with Crippen molar-refractivity contribution in [3.8, 4) is 5.88 Å². The summed E-state index contributed by atoms with van der Waals surface area (Å²) >= 11 is 5.99. The molecule has 0 aliphatic carbocycles. The van der Waals surface area contributed by atoms with Gasteiger partial charge < -0.3 is 4.74 Å². The van der Waals surface area contributed by atoms with E-state index in [1.807, 2.05) is 13.8 Å². The van der Waals surface area contributed by atoms with E-state index in [9.17, 15) is 16.8 Å². The molecule has 7 nitrogen and oxygen atoms in total. The first-order chi connectivity index (χ1) is 14.1. The fourth-order valence-corrected chi connectivity index (χ4v) is 5.36. The number of rotatable bonds is 7. The molecule has 0 saturated heterocycles. The monoisotopic (exact) mass is 466 g/mol. The Kier molecular flexibility index (Phi) is 6.35. The molecule has 3 rings (SSSR count). The number of nitrogens with zero attached hydrogens (tertiary/aromatic N) is 1. The normalized spacial score (nSPS) is 12.0. The van der Waals surface area contributed by atoms with Gasteiger partial charge >= 0.3 is 0 Å². The van der Waals surface area contributed by atoms with Crippen molar-refractivity contribution in [1.82, 2.24) is 4.98 Å². The molecule has 0 amide bonds. The third-order valence-electron chi connectivity index (χ3n) is 3.91. The average Bonchev–Trinajstić information content (AvgIpc) is 2.70. The molecule has 0 radical (unpaired) electrons. The predicted molar refractivity (Wildman–Crippen MR) is 114 cm³/mol. The van der Waals surface area contributed by atoms with Crippen molar-refractivity contribution in [2.45, 2.75) is 34.6 Å². The Morgan fingerprint density at radius 2 is 1.63 bits per heavy atom. The first-order valence-electron chi connectivity index (χ1n) is 8.85. The van der Waals surface area contributed by atoms with E-state index >= 15 is 0 Å². The van der Waals surface area contributed by atoms with Crippen molar-refractivity contribution in [2.24, 2.45) is 0 Å². The summed E-state index contributed by atoms with van der Waals surface area (Å²) in [5.41, 5.74) is -0.120. The van der Waals surface area contributed by atoms with Crippen LogP contribution in [0.4, 0.5) is 5.69 Å². The van der Waals surface area contributed by atoms with E-state index in [1.54, 1.807) is 18.2 Å². The van der Waals surface area contributed by atoms with Gasteiger partial charge in [-0.3, -0.25) is 4.72 Å². The molecule has 1 aromatic heterocycles. The maximum Gasteiger partial charge on any atom is 0.263 e. The topological polar surface area (TPSA) is 102 Å². The van der Waals surface area contributed by atoms with Crippen LogP contribution in [0.1, 0.15) is 13.8 Å². The van der Waals surface area contributed by atoms with Gasteiger partial charge in [-0.25, -0.2) is 21.8 Å². The Bertz CT molecular complexity index is 1240. The lowest BCUT2D eigenvalue weighted by Gasteiger charge is -2.14. The van der Waals surface area contributed by atoms with E-state index in [-0.39, 0.29) is 37.4 Å². The summed E-state index contributed by atoms with van der Waals surface area (Å²) in [7, 11) is -8.13. The van der Waals surface area contributed by atoms with Crippen LogP contribution < -0.4 is 9.46 Å². The van der Waals surface area contributed by atoms with Gasteiger partial charge in [0.15, 0.2) is 0 Å². The van der Waals surface area contributed by atoms with Crippen LogP contribution in [-0.4, -0.2) is 27.9 Å². The van der Waals surface area contributed by atoms with Gasteiger partial charge in [0.1, 0.15) is 4.90 Å². The fourth-order valence-electron chi connectivity index (χ4n) is 2.57. The maximum absolute atomic E-state index is 13.1. The van der Waals surface area contributed by atoms with Gasteiger partial charge in [0, 0.05) is 11.1 Å². The Hall–Kier alpha value is -2.62. The molecule has 0 unspecified atom stereocenters. The van der Waals surface area contributed by atoms with Crippen molar-refractivity contribution in [3.05, 3.63) is 71.9 Å². The molecule has 158 valence electrons. The van der Waals surface area contributed by atoms with E-state index < -0.39 is 19.9 Å². The zero-order valence-corrected chi connectivity index (χ0v) is 18.5. The van der Waals surface area contributed by atoms with Gasteiger partial charge in [-0.05, 0) is 50.2 Å². The Morgan fingerprint density at radius 3 is 2.23 bits per heavy atom. The zero-order valence-electron chi connectivity index (χ0n) is 16.1. The number of pyridine rings is 1. The fraction of sp³-hybridized carbons (Fsp3) is 0.150. The van der Waals surface area contributed by atoms with Gasteiger partial charge in [0.05, 0.1) is 27.8 Å². The highest BCUT2D eigenvalue weighted by Gasteiger charge is 2.25. The highest BCUT2D eigenvalue weighted by Crippen LogP contribution is 2.31. The van der Waals surface area contributed by atoms with Gasteiger partial charge in [-0.2, -0.15) is 0 Å². The number of aromatic nitrogens is 1. The van der Waals surface area contributed by atoms with E-state index in [0.29, 0.717) is 0 Å². The van der Waals surface area contributed by atoms with E-state index in [4.69, 9.17) is 16.3 Å². The minimum Gasteiger partial charge on any atom is -0.475 e. The summed E-state index contributed by atoms with van der Waals surface area (Å²) in [5, 5.41) is 0.157. The number of sulfonamides is 1. The van der Waals surface area contributed by atoms with Crippen LogP contribution in [0.25, 0.3) is 0 Å². The quantitative estimate of drug-likeness (QED) is 0.561. The number of ether oxygens (including phenoxy) is 1. The molecule has 0 aliphatic heterocycles. The van der Waals surface area contributed by atoms with Gasteiger partial charge in [0.2, 0.25) is 15.7 Å². The number of nitrogens with one attached hydrogen (secondary N) is 1. The largest absolute Gasteiger partial charge is 0.475 e. The molecule has 10 heteroatoms. The highest BCUT2D eigenvalue weighted by molar-refractivity contribution is 7.93. The summed E-state index contributed by atoms with van der Waals surface area (Å²) in [6.45, 7) is 3.65. The summed E-state index contributed by atoms with van der Waals surface area (Å²) in [5.74, 6) is 0.280. The van der Waals surface area contributed by atoms with E-state index in [1.165, 1.54) is 42.5 Å². The van der Waals surface area contributed by atoms with Crippen LogP contribution in [0.15, 0.2) is 81.5 Å². The predicted octanol–water partition coefficient (Wildman–Crippen LogP) is 4.16. The minimum absolute atomic E-state index is 0.0181. The molecule has 0 aliphatic rings. The first-order valence-corrected chi connectivity index (χ1v) is 12.2. The lowest BCUT2D eigenvalue weighted by Crippen LogP contribution is -2.16. The standard InChI is InChI=1S/C20H19ClN2O5S2/c1-14(2)28-20-11-9-17(13-22-20)30(26,27)23-18-10-8-15(21)12-19(18)29(24,25)16-6-4-3-5-7-16/h3-14,23H,1-2H3. The molecule has 30 heavy (non-hydrogen) atoms. The van der Waals surface area contributed by atoms with Crippen molar-refractivity contribution in [1.29, 1.82) is 0 Å². The Balaban J connectivity index is 1.99. The zero-order chi connectivity index (χ0) is 21.9. The van der Waals surface area contributed by atoms with Gasteiger partial charge in [0.25, 0.3) is 10.0 Å². The summed E-state index contributed by atoms with van der Waals surface area (Å²) in [4.78, 5) is 3.60. The molecular weight excluding hydrogens is 448 g/mol. The third-order valence-corrected chi connectivity index (χ3v) is 7.30. The van der Waals surface area contributed by atoms with Crippen LogP contribution in [0, 0.1) is 0 Å². The van der Waals surface area contributed by atoms with Crippen LogP contribution in [-0.2, 0) is 19.9 Å². The summed E-state index contributed by atoms with van der Waals surface area (Å²) < 4.78 is 59.5. The second-order valence-corrected chi connectivity index (χ2v) is 10.6. The lowest BCUT2D eigenvalue weighted by atomic mass is 10.3. The van der Waals surface area contributed by atoms with Crippen molar-refractivity contribution >= 4 is 37.1 Å².